The molecule has 0 bridgehead atoms. The van der Waals surface area contributed by atoms with Gasteiger partial charge in [0.05, 0.1) is 0 Å². The van der Waals surface area contributed by atoms with Crippen molar-refractivity contribution >= 4 is 11.7 Å². The molecule has 0 fully saturated rings. The van der Waals surface area contributed by atoms with Crippen molar-refractivity contribution in [2.24, 2.45) is 0 Å². The molecule has 1 amide bonds. The van der Waals surface area contributed by atoms with Gasteiger partial charge in [-0.05, 0) is 38.0 Å². The molecule has 1 atom stereocenters. The van der Waals surface area contributed by atoms with Gasteiger partial charge in [-0.2, -0.15) is 4.98 Å². The molecular formula is C23H23N5O. The summed E-state index contributed by atoms with van der Waals surface area (Å²) in [4.78, 5) is 21.6. The maximum atomic E-state index is 12.9. The van der Waals surface area contributed by atoms with Gasteiger partial charge in [0.25, 0.3) is 11.7 Å². The first kappa shape index (κ1) is 18.8. The minimum Gasteiger partial charge on any atom is -0.346 e. The average molecular weight is 385 g/mol. The van der Waals surface area contributed by atoms with Crippen LogP contribution in [0.5, 0.6) is 0 Å². The van der Waals surface area contributed by atoms with Crippen LogP contribution in [0.3, 0.4) is 0 Å². The molecule has 6 nitrogen and oxygen atoms in total. The van der Waals surface area contributed by atoms with E-state index in [4.69, 9.17) is 0 Å². The van der Waals surface area contributed by atoms with Gasteiger partial charge >= 0.3 is 0 Å². The second-order valence-electron chi connectivity index (χ2n) is 7.25. The first-order valence-corrected chi connectivity index (χ1v) is 9.64. The van der Waals surface area contributed by atoms with Crippen molar-refractivity contribution in [3.05, 3.63) is 95.1 Å². The summed E-state index contributed by atoms with van der Waals surface area (Å²) in [5.74, 6) is 0.262. The highest BCUT2D eigenvalue weighted by atomic mass is 16.2. The summed E-state index contributed by atoms with van der Waals surface area (Å²) in [7, 11) is 0. The van der Waals surface area contributed by atoms with E-state index in [0.717, 1.165) is 22.5 Å². The van der Waals surface area contributed by atoms with Crippen LogP contribution in [0.1, 0.15) is 46.0 Å². The zero-order chi connectivity index (χ0) is 20.4. The van der Waals surface area contributed by atoms with Gasteiger partial charge in [0.2, 0.25) is 5.82 Å². The van der Waals surface area contributed by atoms with Gasteiger partial charge in [0.15, 0.2) is 0 Å². The molecule has 2 heterocycles. The number of carbonyl (C=O) groups is 1. The average Bonchev–Trinajstić information content (AvgIpc) is 3.14. The van der Waals surface area contributed by atoms with Gasteiger partial charge in [0.1, 0.15) is 0 Å². The summed E-state index contributed by atoms with van der Waals surface area (Å²) in [6.07, 6.45) is 0. The number of nitrogens with one attached hydrogen (secondary N) is 1. The third-order valence-corrected chi connectivity index (χ3v) is 5.00. The molecule has 0 saturated heterocycles. The minimum atomic E-state index is -0.308. The molecular weight excluding hydrogens is 362 g/mol. The fourth-order valence-electron chi connectivity index (χ4n) is 3.71. The van der Waals surface area contributed by atoms with Crippen LogP contribution in [-0.4, -0.2) is 31.5 Å². The van der Waals surface area contributed by atoms with Crippen LogP contribution in [0.4, 0.5) is 0 Å². The van der Waals surface area contributed by atoms with E-state index in [1.807, 2.05) is 63.2 Å². The predicted molar refractivity (Wildman–Crippen MR) is 112 cm³/mol. The number of hydrogen-bond donors (Lipinski definition) is 1. The Morgan fingerprint density at radius 3 is 2.10 bits per heavy atom. The quantitative estimate of drug-likeness (QED) is 0.569. The van der Waals surface area contributed by atoms with E-state index in [0.29, 0.717) is 5.78 Å². The number of benzene rings is 2. The third-order valence-electron chi connectivity index (χ3n) is 5.00. The van der Waals surface area contributed by atoms with Gasteiger partial charge in [-0.25, -0.2) is 9.50 Å². The van der Waals surface area contributed by atoms with Crippen molar-refractivity contribution in [1.82, 2.24) is 24.9 Å². The SMILES string of the molecule is Cc1cc(C)n2nc(C(=O)NC(C)C(c3ccccc3)c3ccccc3)nc2n1. The molecule has 4 aromatic rings. The third kappa shape index (κ3) is 3.87. The van der Waals surface area contributed by atoms with E-state index in [-0.39, 0.29) is 23.7 Å². The van der Waals surface area contributed by atoms with E-state index in [9.17, 15) is 4.79 Å². The van der Waals surface area contributed by atoms with Crippen LogP contribution < -0.4 is 5.32 Å². The van der Waals surface area contributed by atoms with E-state index in [2.05, 4.69) is 44.6 Å². The number of nitrogens with zero attached hydrogens (tertiary/aromatic N) is 4. The Bertz CT molecular complexity index is 1100. The topological polar surface area (TPSA) is 72.2 Å². The van der Waals surface area contributed by atoms with Crippen LogP contribution in [0.15, 0.2) is 66.7 Å². The zero-order valence-corrected chi connectivity index (χ0v) is 16.7. The van der Waals surface area contributed by atoms with Crippen LogP contribution in [0, 0.1) is 13.8 Å². The summed E-state index contributed by atoms with van der Waals surface area (Å²) >= 11 is 0. The van der Waals surface area contributed by atoms with Gasteiger partial charge < -0.3 is 5.32 Å². The molecule has 1 unspecified atom stereocenters. The summed E-state index contributed by atoms with van der Waals surface area (Å²) < 4.78 is 1.60. The van der Waals surface area contributed by atoms with Crippen LogP contribution in [-0.2, 0) is 0 Å². The number of amides is 1. The van der Waals surface area contributed by atoms with Crippen LogP contribution in [0.2, 0.25) is 0 Å². The second kappa shape index (κ2) is 7.83. The molecule has 6 heteroatoms. The Morgan fingerprint density at radius 2 is 1.52 bits per heavy atom. The molecule has 1 N–H and O–H groups in total. The molecule has 0 radical (unpaired) electrons. The van der Waals surface area contributed by atoms with E-state index in [1.54, 1.807) is 4.52 Å². The van der Waals surface area contributed by atoms with Gasteiger partial charge in [-0.15, -0.1) is 5.10 Å². The molecule has 0 spiro atoms. The molecule has 2 aromatic heterocycles. The number of aromatic nitrogens is 4. The van der Waals surface area contributed by atoms with Gasteiger partial charge in [-0.1, -0.05) is 60.7 Å². The number of rotatable bonds is 5. The van der Waals surface area contributed by atoms with Crippen LogP contribution in [0.25, 0.3) is 5.78 Å². The highest BCUT2D eigenvalue weighted by Gasteiger charge is 2.25. The highest BCUT2D eigenvalue weighted by molar-refractivity contribution is 5.91. The first-order chi connectivity index (χ1) is 14.0. The Hall–Kier alpha value is -3.54. The Balaban J connectivity index is 1.63. The Labute approximate surface area is 169 Å². The van der Waals surface area contributed by atoms with E-state index in [1.165, 1.54) is 0 Å². The fourth-order valence-corrected chi connectivity index (χ4v) is 3.71. The number of carbonyl (C=O) groups excluding carboxylic acids is 1. The van der Waals surface area contributed by atoms with Crippen molar-refractivity contribution in [3.63, 3.8) is 0 Å². The minimum absolute atomic E-state index is 0.0143. The van der Waals surface area contributed by atoms with Crippen molar-refractivity contribution < 1.29 is 4.79 Å². The van der Waals surface area contributed by atoms with Crippen molar-refractivity contribution in [1.29, 1.82) is 0 Å². The lowest BCUT2D eigenvalue weighted by molar-refractivity contribution is 0.0926. The maximum Gasteiger partial charge on any atom is 0.291 e. The van der Waals surface area contributed by atoms with Gasteiger partial charge in [0, 0.05) is 23.3 Å². The van der Waals surface area contributed by atoms with Crippen molar-refractivity contribution in [3.8, 4) is 0 Å². The fraction of sp³-hybridized carbons (Fsp3) is 0.217. The molecule has 0 aliphatic rings. The van der Waals surface area contributed by atoms with E-state index < -0.39 is 0 Å². The summed E-state index contributed by atoms with van der Waals surface area (Å²) in [6.45, 7) is 5.82. The number of hydrogen-bond acceptors (Lipinski definition) is 4. The van der Waals surface area contributed by atoms with E-state index >= 15 is 0 Å². The Morgan fingerprint density at radius 1 is 0.931 bits per heavy atom. The molecule has 29 heavy (non-hydrogen) atoms. The standard InChI is InChI=1S/C23H23N5O/c1-15-14-16(2)28-23(24-15)26-21(27-28)22(29)25-17(3)20(18-10-6-4-7-11-18)19-12-8-5-9-13-19/h4-14,17,20H,1-3H3,(H,25,29). The molecule has 0 saturated carbocycles. The van der Waals surface area contributed by atoms with Crippen molar-refractivity contribution in [2.45, 2.75) is 32.7 Å². The highest BCUT2D eigenvalue weighted by Crippen LogP contribution is 2.28. The number of aryl methyl sites for hydroxylation is 2. The summed E-state index contributed by atoms with van der Waals surface area (Å²) in [5.41, 5.74) is 4.01. The molecule has 2 aromatic carbocycles. The molecule has 4 rings (SSSR count). The largest absolute Gasteiger partial charge is 0.346 e. The zero-order valence-electron chi connectivity index (χ0n) is 16.7. The Kier molecular flexibility index (Phi) is 5.08. The van der Waals surface area contributed by atoms with Crippen LogP contribution >= 0.6 is 0 Å². The number of fused-ring (bicyclic) bond motifs is 1. The summed E-state index contributed by atoms with van der Waals surface area (Å²) in [5, 5.41) is 7.43. The smallest absolute Gasteiger partial charge is 0.291 e. The predicted octanol–water partition coefficient (Wildman–Crippen LogP) is 3.69. The first-order valence-electron chi connectivity index (χ1n) is 9.64. The second-order valence-corrected chi connectivity index (χ2v) is 7.25. The molecule has 0 aliphatic heterocycles. The lowest BCUT2D eigenvalue weighted by Crippen LogP contribution is -2.38. The monoisotopic (exact) mass is 385 g/mol. The maximum absolute atomic E-state index is 12.9. The normalized spacial score (nSPS) is 12.3. The lowest BCUT2D eigenvalue weighted by atomic mass is 9.86. The van der Waals surface area contributed by atoms with Crippen molar-refractivity contribution in [2.75, 3.05) is 0 Å². The van der Waals surface area contributed by atoms with Gasteiger partial charge in [-0.3, -0.25) is 4.79 Å². The molecule has 0 aliphatic carbocycles. The summed E-state index contributed by atoms with van der Waals surface area (Å²) in [6, 6.07) is 22.1. The molecule has 146 valence electrons. The lowest BCUT2D eigenvalue weighted by Gasteiger charge is -2.25.